The van der Waals surface area contributed by atoms with Gasteiger partial charge in [-0.1, -0.05) is 19.8 Å². The molecule has 1 fully saturated rings. The number of guanidine groups is 1. The van der Waals surface area contributed by atoms with Crippen molar-refractivity contribution < 1.29 is 0 Å². The molecular formula is C22H43IN6. The number of halogens is 1. The number of aliphatic imine (C=N–C) groups is 1. The Balaban J connectivity index is 0.00000420. The van der Waals surface area contributed by atoms with E-state index in [1.165, 1.54) is 36.9 Å². The number of nitrogens with one attached hydrogen (secondary N) is 2. The molecule has 0 saturated heterocycles. The summed E-state index contributed by atoms with van der Waals surface area (Å²) in [5.74, 6) is 1.70. The maximum atomic E-state index is 5.03. The van der Waals surface area contributed by atoms with Crippen molar-refractivity contribution in [1.29, 1.82) is 0 Å². The first-order valence-electron chi connectivity index (χ1n) is 10.9. The van der Waals surface area contributed by atoms with Crippen LogP contribution >= 0.6 is 24.0 Å². The van der Waals surface area contributed by atoms with Gasteiger partial charge in [0.15, 0.2) is 5.96 Å². The molecule has 1 aliphatic carbocycles. The molecule has 1 saturated carbocycles. The van der Waals surface area contributed by atoms with E-state index in [-0.39, 0.29) is 29.5 Å². The largest absolute Gasteiger partial charge is 0.357 e. The van der Waals surface area contributed by atoms with Crippen LogP contribution in [0.5, 0.6) is 0 Å². The van der Waals surface area contributed by atoms with Gasteiger partial charge in [-0.15, -0.1) is 24.0 Å². The molecule has 1 aromatic heterocycles. The molecule has 0 aliphatic heterocycles. The van der Waals surface area contributed by atoms with Gasteiger partial charge in [-0.25, -0.2) is 0 Å². The number of rotatable bonds is 7. The molecule has 0 amide bonds. The molecule has 0 bridgehead atoms. The van der Waals surface area contributed by atoms with Crippen molar-refractivity contribution in [2.75, 3.05) is 27.2 Å². The quantitative estimate of drug-likeness (QED) is 0.329. The summed E-state index contributed by atoms with van der Waals surface area (Å²) in [5.41, 5.74) is 3.89. The lowest BCUT2D eigenvalue weighted by molar-refractivity contribution is 0.0845. The molecule has 1 aromatic rings. The van der Waals surface area contributed by atoms with Gasteiger partial charge in [-0.05, 0) is 72.5 Å². The minimum absolute atomic E-state index is 0. The molecule has 7 heteroatoms. The molecule has 6 nitrogen and oxygen atoms in total. The minimum atomic E-state index is 0. The van der Waals surface area contributed by atoms with E-state index in [9.17, 15) is 0 Å². The average Bonchev–Trinajstić information content (AvgIpc) is 2.86. The molecule has 0 spiro atoms. The fourth-order valence-electron chi connectivity index (χ4n) is 4.57. The predicted molar refractivity (Wildman–Crippen MR) is 134 cm³/mol. The van der Waals surface area contributed by atoms with Gasteiger partial charge in [0.25, 0.3) is 0 Å². The van der Waals surface area contributed by atoms with E-state index in [4.69, 9.17) is 4.99 Å². The summed E-state index contributed by atoms with van der Waals surface area (Å²) in [6.07, 6.45) is 6.06. The van der Waals surface area contributed by atoms with Gasteiger partial charge in [-0.2, -0.15) is 5.10 Å². The topological polar surface area (TPSA) is 57.5 Å². The van der Waals surface area contributed by atoms with Crippen molar-refractivity contribution in [2.24, 2.45) is 18.0 Å². The van der Waals surface area contributed by atoms with Crippen LogP contribution in [0.4, 0.5) is 0 Å². The summed E-state index contributed by atoms with van der Waals surface area (Å²) in [7, 11) is 6.44. The number of nitrogens with zero attached hydrogens (tertiary/aromatic N) is 4. The summed E-state index contributed by atoms with van der Waals surface area (Å²) >= 11 is 0. The normalized spacial score (nSPS) is 23.6. The summed E-state index contributed by atoms with van der Waals surface area (Å²) in [6.45, 7) is 12.7. The van der Waals surface area contributed by atoms with Gasteiger partial charge in [0, 0.05) is 30.9 Å². The molecule has 0 aromatic carbocycles. The van der Waals surface area contributed by atoms with E-state index >= 15 is 0 Å². The molecule has 3 unspecified atom stereocenters. The van der Waals surface area contributed by atoms with Crippen molar-refractivity contribution in [2.45, 2.75) is 78.3 Å². The van der Waals surface area contributed by atoms with Crippen LogP contribution in [0, 0.1) is 19.8 Å². The molecule has 29 heavy (non-hydrogen) atoms. The van der Waals surface area contributed by atoms with E-state index in [2.05, 4.69) is 69.3 Å². The Morgan fingerprint density at radius 2 is 2.07 bits per heavy atom. The second-order valence-corrected chi connectivity index (χ2v) is 9.04. The summed E-state index contributed by atoms with van der Waals surface area (Å²) in [5, 5.41) is 11.6. The first-order chi connectivity index (χ1) is 13.2. The highest BCUT2D eigenvalue weighted by Gasteiger charge is 2.36. The third-order valence-electron chi connectivity index (χ3n) is 6.44. The van der Waals surface area contributed by atoms with Crippen LogP contribution in [-0.2, 0) is 13.5 Å². The standard InChI is InChI=1S/C22H42N6.HI/c1-9-23-21(24-15-22(27(6)7)12-10-11-16(2)14-22)25-17(3)13-20-18(4)26-28(8)19(20)5;/h16-17H,9-15H2,1-8H3,(H2,23,24,25);1H. The summed E-state index contributed by atoms with van der Waals surface area (Å²) in [6, 6.07) is 0.292. The van der Waals surface area contributed by atoms with Crippen LogP contribution in [0.15, 0.2) is 4.99 Å². The number of hydrogen-bond donors (Lipinski definition) is 2. The number of hydrogen-bond acceptors (Lipinski definition) is 3. The summed E-state index contributed by atoms with van der Waals surface area (Å²) in [4.78, 5) is 7.43. The Kier molecular flexibility index (Phi) is 10.4. The van der Waals surface area contributed by atoms with Crippen LogP contribution in [0.1, 0.15) is 63.4 Å². The smallest absolute Gasteiger partial charge is 0.191 e. The fourth-order valence-corrected chi connectivity index (χ4v) is 4.57. The molecule has 168 valence electrons. The molecule has 2 N–H and O–H groups in total. The van der Waals surface area contributed by atoms with E-state index in [0.717, 1.165) is 37.1 Å². The van der Waals surface area contributed by atoms with Gasteiger partial charge in [0.05, 0.1) is 12.2 Å². The highest BCUT2D eigenvalue weighted by molar-refractivity contribution is 14.0. The van der Waals surface area contributed by atoms with Gasteiger partial charge in [0.1, 0.15) is 0 Å². The monoisotopic (exact) mass is 518 g/mol. The first kappa shape index (κ1) is 26.2. The zero-order valence-electron chi connectivity index (χ0n) is 19.8. The molecule has 1 heterocycles. The average molecular weight is 519 g/mol. The van der Waals surface area contributed by atoms with Crippen molar-refractivity contribution in [3.63, 3.8) is 0 Å². The Hall–Kier alpha value is -0.830. The van der Waals surface area contributed by atoms with Crippen LogP contribution in [0.3, 0.4) is 0 Å². The fraction of sp³-hybridized carbons (Fsp3) is 0.818. The van der Waals surface area contributed by atoms with Gasteiger partial charge in [-0.3, -0.25) is 9.67 Å². The zero-order valence-corrected chi connectivity index (χ0v) is 22.1. The Morgan fingerprint density at radius 3 is 2.59 bits per heavy atom. The van der Waals surface area contributed by atoms with Crippen molar-refractivity contribution >= 4 is 29.9 Å². The van der Waals surface area contributed by atoms with Crippen molar-refractivity contribution in [3.8, 4) is 0 Å². The summed E-state index contributed by atoms with van der Waals surface area (Å²) < 4.78 is 1.97. The Labute approximate surface area is 195 Å². The maximum absolute atomic E-state index is 5.03. The number of aryl methyl sites for hydroxylation is 2. The first-order valence-corrected chi connectivity index (χ1v) is 10.9. The lowest BCUT2D eigenvalue weighted by Gasteiger charge is -2.44. The maximum Gasteiger partial charge on any atom is 0.191 e. The molecule has 1 aliphatic rings. The Bertz CT molecular complexity index is 669. The van der Waals surface area contributed by atoms with E-state index in [0.29, 0.717) is 6.04 Å². The van der Waals surface area contributed by atoms with Gasteiger partial charge >= 0.3 is 0 Å². The Morgan fingerprint density at radius 1 is 1.38 bits per heavy atom. The van der Waals surface area contributed by atoms with Crippen molar-refractivity contribution in [3.05, 3.63) is 17.0 Å². The molecular weight excluding hydrogens is 475 g/mol. The van der Waals surface area contributed by atoms with Crippen molar-refractivity contribution in [1.82, 2.24) is 25.3 Å². The molecule has 0 radical (unpaired) electrons. The number of likely N-dealkylation sites (N-methyl/N-ethyl adjacent to an activating group) is 1. The third kappa shape index (κ3) is 6.84. The lowest BCUT2D eigenvalue weighted by Crippen LogP contribution is -2.51. The second kappa shape index (κ2) is 11.5. The van der Waals surface area contributed by atoms with Crippen LogP contribution in [0.2, 0.25) is 0 Å². The molecule has 3 atom stereocenters. The van der Waals surface area contributed by atoms with E-state index in [1.807, 2.05) is 11.7 Å². The van der Waals surface area contributed by atoms with Crippen LogP contribution < -0.4 is 10.6 Å². The highest BCUT2D eigenvalue weighted by atomic mass is 127. The second-order valence-electron chi connectivity index (χ2n) is 9.04. The third-order valence-corrected chi connectivity index (χ3v) is 6.44. The predicted octanol–water partition coefficient (Wildman–Crippen LogP) is 3.65. The lowest BCUT2D eigenvalue weighted by atomic mass is 9.75. The highest BCUT2D eigenvalue weighted by Crippen LogP contribution is 2.35. The van der Waals surface area contributed by atoms with Gasteiger partial charge < -0.3 is 15.5 Å². The minimum Gasteiger partial charge on any atom is -0.357 e. The number of aromatic nitrogens is 2. The van der Waals surface area contributed by atoms with Crippen LogP contribution in [0.25, 0.3) is 0 Å². The molecule has 2 rings (SSSR count). The van der Waals surface area contributed by atoms with Gasteiger partial charge in [0.2, 0.25) is 0 Å². The van der Waals surface area contributed by atoms with E-state index in [1.54, 1.807) is 0 Å². The zero-order chi connectivity index (χ0) is 20.9. The van der Waals surface area contributed by atoms with Crippen LogP contribution in [-0.4, -0.2) is 59.4 Å². The SMILES string of the molecule is CCNC(=NCC1(N(C)C)CCCC(C)C1)NC(C)Cc1c(C)nn(C)c1C.I. The van der Waals surface area contributed by atoms with E-state index < -0.39 is 0 Å².